The van der Waals surface area contributed by atoms with Gasteiger partial charge in [0.1, 0.15) is 0 Å². The first-order valence-corrected chi connectivity index (χ1v) is 8.94. The molecule has 1 amide bonds. The SMILES string of the molecule is CCCNS(=O)(=O)c1nnc(NC(=O)c2ccccc2C)s1. The van der Waals surface area contributed by atoms with E-state index in [0.717, 1.165) is 16.9 Å². The average molecular weight is 340 g/mol. The van der Waals surface area contributed by atoms with Gasteiger partial charge in [0.15, 0.2) is 0 Å². The molecule has 2 rings (SSSR count). The van der Waals surface area contributed by atoms with Crippen LogP contribution in [0.1, 0.15) is 29.3 Å². The van der Waals surface area contributed by atoms with Crippen molar-refractivity contribution in [2.75, 3.05) is 11.9 Å². The van der Waals surface area contributed by atoms with Crippen LogP contribution in [0.3, 0.4) is 0 Å². The molecule has 1 aromatic heterocycles. The highest BCUT2D eigenvalue weighted by atomic mass is 32.2. The molecule has 0 aliphatic carbocycles. The number of aryl methyl sites for hydroxylation is 1. The molecule has 7 nitrogen and oxygen atoms in total. The second-order valence-corrected chi connectivity index (χ2v) is 7.46. The minimum Gasteiger partial charge on any atom is -0.296 e. The average Bonchev–Trinajstić information content (AvgIpc) is 2.95. The van der Waals surface area contributed by atoms with Gasteiger partial charge in [0.25, 0.3) is 15.9 Å². The van der Waals surface area contributed by atoms with E-state index >= 15 is 0 Å². The number of carbonyl (C=O) groups is 1. The summed E-state index contributed by atoms with van der Waals surface area (Å²) in [6, 6.07) is 7.10. The Morgan fingerprint density at radius 1 is 1.27 bits per heavy atom. The standard InChI is InChI=1S/C13H16N4O3S2/c1-3-8-14-22(19,20)13-17-16-12(21-13)15-11(18)10-7-5-4-6-9(10)2/h4-7,14H,3,8H2,1-2H3,(H,15,16,18). The van der Waals surface area contributed by atoms with Gasteiger partial charge in [-0.2, -0.15) is 0 Å². The van der Waals surface area contributed by atoms with Crippen LogP contribution in [0.4, 0.5) is 5.13 Å². The van der Waals surface area contributed by atoms with Crippen LogP contribution in [0.5, 0.6) is 0 Å². The summed E-state index contributed by atoms with van der Waals surface area (Å²) in [6.07, 6.45) is 0.676. The number of sulfonamides is 1. The normalized spacial score (nSPS) is 11.4. The number of amides is 1. The summed E-state index contributed by atoms with van der Waals surface area (Å²) in [4.78, 5) is 12.1. The highest BCUT2D eigenvalue weighted by Crippen LogP contribution is 2.20. The maximum absolute atomic E-state index is 12.1. The third-order valence-electron chi connectivity index (χ3n) is 2.79. The lowest BCUT2D eigenvalue weighted by Crippen LogP contribution is -2.24. The molecule has 1 aromatic carbocycles. The lowest BCUT2D eigenvalue weighted by molar-refractivity contribution is 0.102. The van der Waals surface area contributed by atoms with Crippen molar-refractivity contribution in [2.45, 2.75) is 24.6 Å². The van der Waals surface area contributed by atoms with Crippen LogP contribution in [0.15, 0.2) is 28.6 Å². The number of aromatic nitrogens is 2. The van der Waals surface area contributed by atoms with Crippen molar-refractivity contribution in [1.82, 2.24) is 14.9 Å². The van der Waals surface area contributed by atoms with E-state index in [2.05, 4.69) is 20.2 Å². The summed E-state index contributed by atoms with van der Waals surface area (Å²) < 4.78 is 26.0. The Balaban J connectivity index is 2.13. The van der Waals surface area contributed by atoms with Gasteiger partial charge in [0, 0.05) is 12.1 Å². The number of carbonyl (C=O) groups excluding carboxylic acids is 1. The van der Waals surface area contributed by atoms with E-state index in [4.69, 9.17) is 0 Å². The van der Waals surface area contributed by atoms with Crippen molar-refractivity contribution in [3.05, 3.63) is 35.4 Å². The van der Waals surface area contributed by atoms with Crippen molar-refractivity contribution in [2.24, 2.45) is 0 Å². The monoisotopic (exact) mass is 340 g/mol. The van der Waals surface area contributed by atoms with E-state index in [0.29, 0.717) is 18.5 Å². The summed E-state index contributed by atoms with van der Waals surface area (Å²) in [6.45, 7) is 4.00. The van der Waals surface area contributed by atoms with Gasteiger partial charge in [-0.3, -0.25) is 10.1 Å². The first-order chi connectivity index (χ1) is 10.4. The molecule has 118 valence electrons. The summed E-state index contributed by atoms with van der Waals surface area (Å²) in [5, 5.41) is 10.0. The molecule has 0 fully saturated rings. The van der Waals surface area contributed by atoms with E-state index in [1.807, 2.05) is 26.0 Å². The Kier molecular flexibility index (Phi) is 5.22. The summed E-state index contributed by atoms with van der Waals surface area (Å²) in [5.41, 5.74) is 1.33. The van der Waals surface area contributed by atoms with Crippen molar-refractivity contribution in [3.63, 3.8) is 0 Å². The number of rotatable bonds is 6. The minimum atomic E-state index is -3.67. The van der Waals surface area contributed by atoms with E-state index in [1.165, 1.54) is 0 Å². The van der Waals surface area contributed by atoms with Gasteiger partial charge in [-0.25, -0.2) is 13.1 Å². The number of anilines is 1. The first-order valence-electron chi connectivity index (χ1n) is 6.64. The largest absolute Gasteiger partial charge is 0.296 e. The fourth-order valence-electron chi connectivity index (χ4n) is 1.66. The van der Waals surface area contributed by atoms with E-state index in [9.17, 15) is 13.2 Å². The summed E-state index contributed by atoms with van der Waals surface area (Å²) in [7, 11) is -3.67. The van der Waals surface area contributed by atoms with Crippen LogP contribution in [-0.4, -0.2) is 31.1 Å². The fraction of sp³-hybridized carbons (Fsp3) is 0.308. The quantitative estimate of drug-likeness (QED) is 0.781. The number of nitrogens with one attached hydrogen (secondary N) is 2. The highest BCUT2D eigenvalue weighted by molar-refractivity contribution is 7.91. The molecule has 0 atom stereocenters. The zero-order chi connectivity index (χ0) is 16.2. The molecule has 9 heteroatoms. The maximum atomic E-state index is 12.1. The summed E-state index contributed by atoms with van der Waals surface area (Å²) in [5.74, 6) is -0.347. The van der Waals surface area contributed by atoms with Gasteiger partial charge < -0.3 is 0 Å². The van der Waals surface area contributed by atoms with Gasteiger partial charge in [-0.05, 0) is 25.0 Å². The lowest BCUT2D eigenvalue weighted by Gasteiger charge is -2.04. The molecule has 0 aliphatic rings. The fourth-order valence-corrected chi connectivity index (χ4v) is 3.73. The highest BCUT2D eigenvalue weighted by Gasteiger charge is 2.20. The number of hydrogen-bond donors (Lipinski definition) is 2. The van der Waals surface area contributed by atoms with Crippen LogP contribution in [0.2, 0.25) is 0 Å². The van der Waals surface area contributed by atoms with Crippen molar-refractivity contribution in [3.8, 4) is 0 Å². The van der Waals surface area contributed by atoms with Crippen LogP contribution >= 0.6 is 11.3 Å². The van der Waals surface area contributed by atoms with Crippen LogP contribution in [0, 0.1) is 6.92 Å². The third kappa shape index (κ3) is 3.87. The molecular weight excluding hydrogens is 324 g/mol. The maximum Gasteiger partial charge on any atom is 0.269 e. The Hall–Kier alpha value is -1.84. The second-order valence-electron chi connectivity index (χ2n) is 4.54. The second kappa shape index (κ2) is 6.95. The molecule has 0 spiro atoms. The van der Waals surface area contributed by atoms with E-state index in [-0.39, 0.29) is 15.4 Å². The predicted octanol–water partition coefficient (Wildman–Crippen LogP) is 1.79. The van der Waals surface area contributed by atoms with Crippen LogP contribution < -0.4 is 10.0 Å². The third-order valence-corrected chi connectivity index (χ3v) is 5.46. The van der Waals surface area contributed by atoms with Crippen molar-refractivity contribution in [1.29, 1.82) is 0 Å². The van der Waals surface area contributed by atoms with Crippen molar-refractivity contribution < 1.29 is 13.2 Å². The zero-order valence-electron chi connectivity index (χ0n) is 12.2. The minimum absolute atomic E-state index is 0.144. The van der Waals surface area contributed by atoms with E-state index in [1.54, 1.807) is 12.1 Å². The molecule has 22 heavy (non-hydrogen) atoms. The smallest absolute Gasteiger partial charge is 0.269 e. The molecule has 0 unspecified atom stereocenters. The topological polar surface area (TPSA) is 101 Å². The molecule has 0 aliphatic heterocycles. The molecule has 1 heterocycles. The lowest BCUT2D eigenvalue weighted by atomic mass is 10.1. The molecular formula is C13H16N4O3S2. The predicted molar refractivity (Wildman–Crippen MR) is 84.5 cm³/mol. The number of hydrogen-bond acceptors (Lipinski definition) is 6. The van der Waals surface area contributed by atoms with Gasteiger partial charge >= 0.3 is 0 Å². The van der Waals surface area contributed by atoms with Crippen LogP contribution in [0.25, 0.3) is 0 Å². The van der Waals surface area contributed by atoms with Gasteiger partial charge in [0.2, 0.25) is 9.47 Å². The molecule has 0 bridgehead atoms. The molecule has 0 saturated carbocycles. The Bertz CT molecular complexity index is 771. The number of benzene rings is 1. The van der Waals surface area contributed by atoms with Crippen LogP contribution in [-0.2, 0) is 10.0 Å². The van der Waals surface area contributed by atoms with E-state index < -0.39 is 10.0 Å². The Morgan fingerprint density at radius 3 is 2.68 bits per heavy atom. The Morgan fingerprint density at radius 2 is 2.00 bits per heavy atom. The summed E-state index contributed by atoms with van der Waals surface area (Å²) >= 11 is 0.814. The Labute approximate surface area is 132 Å². The number of nitrogens with zero attached hydrogens (tertiary/aromatic N) is 2. The van der Waals surface area contributed by atoms with Crippen molar-refractivity contribution >= 4 is 32.4 Å². The first kappa shape index (κ1) is 16.5. The van der Waals surface area contributed by atoms with Gasteiger partial charge in [-0.1, -0.05) is 36.5 Å². The van der Waals surface area contributed by atoms with Gasteiger partial charge in [-0.15, -0.1) is 10.2 Å². The van der Waals surface area contributed by atoms with Gasteiger partial charge in [0.05, 0.1) is 0 Å². The molecule has 0 radical (unpaired) electrons. The molecule has 2 N–H and O–H groups in total. The molecule has 2 aromatic rings. The molecule has 0 saturated heterocycles. The zero-order valence-corrected chi connectivity index (χ0v) is 13.8.